The molecule has 0 saturated heterocycles. The molecule has 1 heterocycles. The summed E-state index contributed by atoms with van der Waals surface area (Å²) >= 11 is 0. The summed E-state index contributed by atoms with van der Waals surface area (Å²) in [5, 5.41) is 13.6. The molecule has 0 spiro atoms. The van der Waals surface area contributed by atoms with Gasteiger partial charge in [0.1, 0.15) is 0 Å². The Hall–Kier alpha value is -1.72. The van der Waals surface area contributed by atoms with Crippen molar-refractivity contribution in [1.82, 2.24) is 14.9 Å². The summed E-state index contributed by atoms with van der Waals surface area (Å²) in [6.45, 7) is 3.69. The van der Waals surface area contributed by atoms with Crippen LogP contribution in [-0.4, -0.2) is 33.9 Å². The molecule has 1 aromatic carbocycles. The summed E-state index contributed by atoms with van der Waals surface area (Å²) in [5.41, 5.74) is 0.791. The van der Waals surface area contributed by atoms with E-state index < -0.39 is 0 Å². The van der Waals surface area contributed by atoms with Gasteiger partial charge in [0.05, 0.1) is 17.2 Å². The van der Waals surface area contributed by atoms with Gasteiger partial charge in [0.15, 0.2) is 0 Å². The molecule has 0 unspecified atom stereocenters. The first-order valence-corrected chi connectivity index (χ1v) is 7.92. The molecule has 1 aliphatic rings. The van der Waals surface area contributed by atoms with Crippen molar-refractivity contribution in [2.45, 2.75) is 38.8 Å². The Labute approximate surface area is 130 Å². The molecule has 1 aromatic heterocycles. The molecule has 0 amide bonds. The van der Waals surface area contributed by atoms with Crippen molar-refractivity contribution in [2.24, 2.45) is 5.41 Å². The van der Waals surface area contributed by atoms with E-state index in [0.29, 0.717) is 11.9 Å². The van der Waals surface area contributed by atoms with E-state index in [9.17, 15) is 9.90 Å². The Balaban J connectivity index is 1.67. The minimum atomic E-state index is -0.000217. The molecule has 0 bridgehead atoms. The average Bonchev–Trinajstić information content (AvgIpc) is 2.50. The fraction of sp³-hybridized carbons (Fsp3) is 0.529. The molecular weight excluding hydrogens is 278 g/mol. The zero-order valence-corrected chi connectivity index (χ0v) is 13.0. The standard InChI is InChI=1S/C17H23N3O2/c1-13(18-10-17(11-21)7-4-8-17)9-20-12-19-15-6-3-2-5-14(15)16(20)22/h2-3,5-6,12-13,18,21H,4,7-11H2,1H3/t13-/m1/s1. The first-order chi connectivity index (χ1) is 10.6. The van der Waals surface area contributed by atoms with E-state index in [0.717, 1.165) is 24.9 Å². The number of hydrogen-bond donors (Lipinski definition) is 2. The average molecular weight is 301 g/mol. The Morgan fingerprint density at radius 3 is 2.86 bits per heavy atom. The molecule has 1 saturated carbocycles. The van der Waals surface area contributed by atoms with Crippen LogP contribution >= 0.6 is 0 Å². The highest BCUT2D eigenvalue weighted by atomic mass is 16.3. The Kier molecular flexibility index (Phi) is 4.27. The lowest BCUT2D eigenvalue weighted by Gasteiger charge is -2.41. The number of nitrogens with zero attached hydrogens (tertiary/aromatic N) is 2. The zero-order chi connectivity index (χ0) is 15.6. The minimum Gasteiger partial charge on any atom is -0.396 e. The maximum Gasteiger partial charge on any atom is 0.261 e. The molecule has 2 aromatic rings. The summed E-state index contributed by atoms with van der Waals surface area (Å²) in [6, 6.07) is 7.57. The van der Waals surface area contributed by atoms with Gasteiger partial charge in [-0.2, -0.15) is 0 Å². The SMILES string of the molecule is C[C@H](Cn1cnc2ccccc2c1=O)NCC1(CO)CCC1. The summed E-state index contributed by atoms with van der Waals surface area (Å²) in [5.74, 6) is 0. The van der Waals surface area contributed by atoms with Crippen molar-refractivity contribution in [3.63, 3.8) is 0 Å². The van der Waals surface area contributed by atoms with Gasteiger partial charge in [-0.05, 0) is 31.9 Å². The second-order valence-corrected chi connectivity index (χ2v) is 6.51. The van der Waals surface area contributed by atoms with Crippen molar-refractivity contribution in [3.8, 4) is 0 Å². The number of aliphatic hydroxyl groups is 1. The number of fused-ring (bicyclic) bond motifs is 1. The zero-order valence-electron chi connectivity index (χ0n) is 13.0. The maximum atomic E-state index is 12.4. The maximum absolute atomic E-state index is 12.4. The third kappa shape index (κ3) is 2.91. The lowest BCUT2D eigenvalue weighted by Crippen LogP contribution is -2.46. The van der Waals surface area contributed by atoms with Crippen LogP contribution in [0.5, 0.6) is 0 Å². The van der Waals surface area contributed by atoms with Crippen LogP contribution in [0.4, 0.5) is 0 Å². The van der Waals surface area contributed by atoms with Gasteiger partial charge in [-0.25, -0.2) is 4.98 Å². The monoisotopic (exact) mass is 301 g/mol. The van der Waals surface area contributed by atoms with Gasteiger partial charge in [-0.1, -0.05) is 18.6 Å². The van der Waals surface area contributed by atoms with E-state index in [-0.39, 0.29) is 23.6 Å². The first kappa shape index (κ1) is 15.2. The normalized spacial score (nSPS) is 18.1. The Morgan fingerprint density at radius 2 is 2.18 bits per heavy atom. The molecule has 2 N–H and O–H groups in total. The quantitative estimate of drug-likeness (QED) is 0.849. The molecule has 1 fully saturated rings. The van der Waals surface area contributed by atoms with Crippen molar-refractivity contribution < 1.29 is 5.11 Å². The van der Waals surface area contributed by atoms with Crippen LogP contribution in [0.1, 0.15) is 26.2 Å². The Morgan fingerprint density at radius 1 is 1.41 bits per heavy atom. The largest absolute Gasteiger partial charge is 0.396 e. The van der Waals surface area contributed by atoms with Gasteiger partial charge in [0, 0.05) is 31.2 Å². The number of hydrogen-bond acceptors (Lipinski definition) is 4. The van der Waals surface area contributed by atoms with Gasteiger partial charge in [-0.15, -0.1) is 0 Å². The fourth-order valence-electron chi connectivity index (χ4n) is 3.05. The highest BCUT2D eigenvalue weighted by Crippen LogP contribution is 2.39. The van der Waals surface area contributed by atoms with Crippen LogP contribution in [-0.2, 0) is 6.54 Å². The predicted octanol–water partition coefficient (Wildman–Crippen LogP) is 1.54. The van der Waals surface area contributed by atoms with Crippen LogP contribution in [0.15, 0.2) is 35.4 Å². The van der Waals surface area contributed by atoms with Gasteiger partial charge in [0.2, 0.25) is 0 Å². The number of benzene rings is 1. The van der Waals surface area contributed by atoms with Gasteiger partial charge in [0.25, 0.3) is 5.56 Å². The molecule has 5 nitrogen and oxygen atoms in total. The highest BCUT2D eigenvalue weighted by Gasteiger charge is 2.36. The van der Waals surface area contributed by atoms with E-state index >= 15 is 0 Å². The van der Waals surface area contributed by atoms with E-state index in [1.807, 2.05) is 24.3 Å². The molecule has 118 valence electrons. The predicted molar refractivity (Wildman–Crippen MR) is 86.8 cm³/mol. The van der Waals surface area contributed by atoms with Crippen LogP contribution in [0, 0.1) is 5.41 Å². The van der Waals surface area contributed by atoms with Crippen molar-refractivity contribution in [1.29, 1.82) is 0 Å². The third-order valence-electron chi connectivity index (χ3n) is 4.78. The second-order valence-electron chi connectivity index (χ2n) is 6.51. The number of aromatic nitrogens is 2. The summed E-state index contributed by atoms with van der Waals surface area (Å²) in [6.07, 6.45) is 4.99. The van der Waals surface area contributed by atoms with Crippen LogP contribution in [0.2, 0.25) is 0 Å². The molecule has 0 aliphatic heterocycles. The van der Waals surface area contributed by atoms with E-state index in [1.165, 1.54) is 6.42 Å². The van der Waals surface area contributed by atoms with Gasteiger partial charge >= 0.3 is 0 Å². The topological polar surface area (TPSA) is 67.2 Å². The van der Waals surface area contributed by atoms with Crippen molar-refractivity contribution >= 4 is 10.9 Å². The van der Waals surface area contributed by atoms with Gasteiger partial charge in [-0.3, -0.25) is 9.36 Å². The third-order valence-corrected chi connectivity index (χ3v) is 4.78. The van der Waals surface area contributed by atoms with Crippen molar-refractivity contribution in [2.75, 3.05) is 13.2 Å². The lowest BCUT2D eigenvalue weighted by molar-refractivity contribution is 0.0420. The van der Waals surface area contributed by atoms with Gasteiger partial charge < -0.3 is 10.4 Å². The first-order valence-electron chi connectivity index (χ1n) is 7.92. The molecule has 1 aliphatic carbocycles. The number of para-hydroxylation sites is 1. The smallest absolute Gasteiger partial charge is 0.261 e. The number of rotatable bonds is 6. The van der Waals surface area contributed by atoms with E-state index in [2.05, 4.69) is 17.2 Å². The van der Waals surface area contributed by atoms with E-state index in [1.54, 1.807) is 10.9 Å². The van der Waals surface area contributed by atoms with E-state index in [4.69, 9.17) is 0 Å². The number of aliphatic hydroxyl groups excluding tert-OH is 1. The van der Waals surface area contributed by atoms with Crippen molar-refractivity contribution in [3.05, 3.63) is 40.9 Å². The molecular formula is C17H23N3O2. The van der Waals surface area contributed by atoms with Crippen LogP contribution < -0.4 is 10.9 Å². The summed E-state index contributed by atoms with van der Waals surface area (Å²) < 4.78 is 1.66. The molecule has 1 atom stereocenters. The number of nitrogens with one attached hydrogen (secondary N) is 1. The summed E-state index contributed by atoms with van der Waals surface area (Å²) in [4.78, 5) is 16.8. The molecule has 22 heavy (non-hydrogen) atoms. The second kappa shape index (κ2) is 6.18. The highest BCUT2D eigenvalue weighted by molar-refractivity contribution is 5.76. The minimum absolute atomic E-state index is 0.000217. The molecule has 5 heteroatoms. The van der Waals surface area contributed by atoms with Crippen LogP contribution in [0.25, 0.3) is 10.9 Å². The lowest BCUT2D eigenvalue weighted by atomic mass is 9.69. The molecule has 0 radical (unpaired) electrons. The fourth-order valence-corrected chi connectivity index (χ4v) is 3.05. The van der Waals surface area contributed by atoms with Crippen LogP contribution in [0.3, 0.4) is 0 Å². The Bertz CT molecular complexity index is 701. The summed E-state index contributed by atoms with van der Waals surface area (Å²) in [7, 11) is 0. The molecule has 3 rings (SSSR count).